The number of hydrogen-bond donors (Lipinski definition) is 1. The van der Waals surface area contributed by atoms with Crippen molar-refractivity contribution in [2.24, 2.45) is 29.6 Å². The second-order valence-corrected chi connectivity index (χ2v) is 11.4. The molecule has 0 amide bonds. The highest BCUT2D eigenvalue weighted by Gasteiger charge is 2.39. The lowest BCUT2D eigenvalue weighted by atomic mass is 9.73. The van der Waals surface area contributed by atoms with Gasteiger partial charge in [0.2, 0.25) is 0 Å². The van der Waals surface area contributed by atoms with E-state index in [2.05, 4.69) is 10.4 Å². The zero-order valence-electron chi connectivity index (χ0n) is 18.4. The van der Waals surface area contributed by atoms with E-state index in [0.29, 0.717) is 0 Å². The minimum absolute atomic E-state index is 0.811. The van der Waals surface area contributed by atoms with Crippen molar-refractivity contribution in [1.82, 2.24) is 10.4 Å². The molecule has 7 unspecified atom stereocenters. The van der Waals surface area contributed by atoms with Crippen LogP contribution < -0.4 is 5.43 Å². The molecule has 2 heteroatoms. The molecule has 2 bridgehead atoms. The fourth-order valence-corrected chi connectivity index (χ4v) is 7.94. The number of hydrogen-bond acceptors (Lipinski definition) is 2. The molecule has 2 heterocycles. The summed E-state index contributed by atoms with van der Waals surface area (Å²) in [5.41, 5.74) is 4.13. The highest BCUT2D eigenvalue weighted by molar-refractivity contribution is 4.92. The highest BCUT2D eigenvalue weighted by atomic mass is 15.5. The summed E-state index contributed by atoms with van der Waals surface area (Å²) in [6.45, 7) is 1.32. The lowest BCUT2D eigenvalue weighted by Crippen LogP contribution is -2.58. The first kappa shape index (κ1) is 19.9. The van der Waals surface area contributed by atoms with E-state index in [1.54, 1.807) is 25.7 Å². The zero-order valence-corrected chi connectivity index (χ0v) is 18.4. The van der Waals surface area contributed by atoms with Crippen molar-refractivity contribution in [3.05, 3.63) is 0 Å². The Bertz CT molecular complexity index is 491. The maximum atomic E-state index is 4.13. The van der Waals surface area contributed by atoms with Gasteiger partial charge in [0.1, 0.15) is 0 Å². The molecule has 5 fully saturated rings. The number of nitrogens with one attached hydrogen (secondary N) is 1. The Kier molecular flexibility index (Phi) is 6.65. The monoisotopic (exact) mass is 386 g/mol. The van der Waals surface area contributed by atoms with Crippen LogP contribution in [0.1, 0.15) is 116 Å². The van der Waals surface area contributed by atoms with E-state index in [1.807, 2.05) is 0 Å². The summed E-state index contributed by atoms with van der Waals surface area (Å²) in [6.07, 6.45) is 27.2. The number of fused-ring (bicyclic) bond motifs is 3. The van der Waals surface area contributed by atoms with Crippen molar-refractivity contribution in [1.29, 1.82) is 0 Å². The van der Waals surface area contributed by atoms with Crippen molar-refractivity contribution in [3.8, 4) is 0 Å². The van der Waals surface area contributed by atoms with E-state index in [9.17, 15) is 0 Å². The molecule has 3 aliphatic carbocycles. The Morgan fingerprint density at radius 1 is 0.500 bits per heavy atom. The zero-order chi connectivity index (χ0) is 18.8. The molecule has 5 aliphatic rings. The summed E-state index contributed by atoms with van der Waals surface area (Å²) in [4.78, 5) is 0. The molecule has 28 heavy (non-hydrogen) atoms. The standard InChI is InChI=1S/C26H46N2/c1-2-9-23-16-17-25(23)27-28-18-4-3-10-24-15-14-20(19-26(24)28)7-5-11-22-13-6-12-21(22)8-1/h20-27H,1-19H2. The predicted octanol–water partition coefficient (Wildman–Crippen LogP) is 6.70. The molecule has 5 rings (SSSR count). The van der Waals surface area contributed by atoms with Crippen LogP contribution in [0.4, 0.5) is 0 Å². The van der Waals surface area contributed by atoms with Gasteiger partial charge in [0, 0.05) is 18.6 Å². The molecule has 0 aromatic rings. The summed E-state index contributed by atoms with van der Waals surface area (Å²) >= 11 is 0. The van der Waals surface area contributed by atoms with Crippen molar-refractivity contribution >= 4 is 0 Å². The van der Waals surface area contributed by atoms with Crippen LogP contribution in [0.15, 0.2) is 0 Å². The van der Waals surface area contributed by atoms with Crippen molar-refractivity contribution in [2.75, 3.05) is 6.54 Å². The Balaban J connectivity index is 1.27. The van der Waals surface area contributed by atoms with Crippen LogP contribution in [0.25, 0.3) is 0 Å². The number of hydrazine groups is 1. The minimum Gasteiger partial charge on any atom is -0.252 e. The molecule has 0 spiro atoms. The van der Waals surface area contributed by atoms with Gasteiger partial charge in [-0.25, -0.2) is 5.01 Å². The van der Waals surface area contributed by atoms with E-state index < -0.39 is 0 Å². The molecular weight excluding hydrogens is 340 g/mol. The fraction of sp³-hybridized carbons (Fsp3) is 1.00. The van der Waals surface area contributed by atoms with Crippen molar-refractivity contribution in [3.63, 3.8) is 0 Å². The summed E-state index contributed by atoms with van der Waals surface area (Å²) in [6, 6.07) is 1.67. The first-order chi connectivity index (χ1) is 13.9. The molecule has 160 valence electrons. The fourth-order valence-electron chi connectivity index (χ4n) is 7.94. The van der Waals surface area contributed by atoms with Gasteiger partial charge in [-0.15, -0.1) is 0 Å². The Hall–Kier alpha value is -0.0800. The van der Waals surface area contributed by atoms with E-state index in [4.69, 9.17) is 0 Å². The quantitative estimate of drug-likeness (QED) is 0.498. The summed E-state index contributed by atoms with van der Waals surface area (Å²) < 4.78 is 0. The number of rotatable bonds is 0. The molecule has 2 aliphatic heterocycles. The summed E-state index contributed by atoms with van der Waals surface area (Å²) in [5.74, 6) is 5.18. The van der Waals surface area contributed by atoms with Crippen LogP contribution in [-0.4, -0.2) is 23.6 Å². The summed E-state index contributed by atoms with van der Waals surface area (Å²) in [7, 11) is 0. The molecule has 0 aromatic heterocycles. The van der Waals surface area contributed by atoms with Gasteiger partial charge in [0.25, 0.3) is 0 Å². The Morgan fingerprint density at radius 2 is 1.14 bits per heavy atom. The van der Waals surface area contributed by atoms with Gasteiger partial charge in [-0.2, -0.15) is 0 Å². The van der Waals surface area contributed by atoms with Crippen LogP contribution in [-0.2, 0) is 0 Å². The van der Waals surface area contributed by atoms with E-state index in [0.717, 1.165) is 41.7 Å². The molecular formula is C26H46N2. The normalized spacial score (nSPS) is 46.1. The van der Waals surface area contributed by atoms with Gasteiger partial charge in [-0.05, 0) is 74.5 Å². The average Bonchev–Trinajstić information content (AvgIpc) is 3.03. The van der Waals surface area contributed by atoms with Crippen LogP contribution in [0.2, 0.25) is 0 Å². The van der Waals surface area contributed by atoms with E-state index in [-0.39, 0.29) is 0 Å². The smallest absolute Gasteiger partial charge is 0.0274 e. The third kappa shape index (κ3) is 4.48. The van der Waals surface area contributed by atoms with Gasteiger partial charge in [-0.3, -0.25) is 5.43 Å². The molecule has 0 aromatic carbocycles. The lowest BCUT2D eigenvalue weighted by molar-refractivity contribution is -0.000183. The molecule has 2 nitrogen and oxygen atoms in total. The lowest BCUT2D eigenvalue weighted by Gasteiger charge is -2.47. The number of nitrogens with zero attached hydrogens (tertiary/aromatic N) is 1. The Morgan fingerprint density at radius 3 is 1.93 bits per heavy atom. The van der Waals surface area contributed by atoms with Crippen LogP contribution in [0.3, 0.4) is 0 Å². The minimum atomic E-state index is 0.811. The average molecular weight is 387 g/mol. The molecule has 3 saturated carbocycles. The topological polar surface area (TPSA) is 15.3 Å². The maximum Gasteiger partial charge on any atom is 0.0274 e. The Labute approximate surface area is 174 Å². The SMILES string of the molecule is C1CCC2CCC2NN2CCCCC3CCC(CCCC4CCCC4C1)CC32. The largest absolute Gasteiger partial charge is 0.252 e. The van der Waals surface area contributed by atoms with Crippen LogP contribution in [0, 0.1) is 29.6 Å². The van der Waals surface area contributed by atoms with E-state index in [1.165, 1.54) is 96.4 Å². The maximum absolute atomic E-state index is 4.13. The molecule has 2 saturated heterocycles. The van der Waals surface area contributed by atoms with Gasteiger partial charge < -0.3 is 0 Å². The predicted molar refractivity (Wildman–Crippen MR) is 118 cm³/mol. The van der Waals surface area contributed by atoms with E-state index >= 15 is 0 Å². The highest BCUT2D eigenvalue weighted by Crippen LogP contribution is 2.43. The first-order valence-corrected chi connectivity index (χ1v) is 13.4. The molecule has 1 N–H and O–H groups in total. The summed E-state index contributed by atoms with van der Waals surface area (Å²) in [5, 5.41) is 2.81. The van der Waals surface area contributed by atoms with Gasteiger partial charge in [0.05, 0.1) is 0 Å². The molecule has 7 atom stereocenters. The van der Waals surface area contributed by atoms with Crippen LogP contribution in [0.5, 0.6) is 0 Å². The van der Waals surface area contributed by atoms with Gasteiger partial charge in [0.15, 0.2) is 0 Å². The van der Waals surface area contributed by atoms with Gasteiger partial charge in [-0.1, -0.05) is 70.6 Å². The second-order valence-electron chi connectivity index (χ2n) is 11.4. The third-order valence-electron chi connectivity index (χ3n) is 9.84. The van der Waals surface area contributed by atoms with Crippen LogP contribution >= 0.6 is 0 Å². The van der Waals surface area contributed by atoms with Crippen molar-refractivity contribution < 1.29 is 0 Å². The first-order valence-electron chi connectivity index (χ1n) is 13.4. The second kappa shape index (κ2) is 9.38. The third-order valence-corrected chi connectivity index (χ3v) is 9.84. The molecule has 0 radical (unpaired) electrons. The van der Waals surface area contributed by atoms with Gasteiger partial charge >= 0.3 is 0 Å². The van der Waals surface area contributed by atoms with Crippen molar-refractivity contribution in [2.45, 2.75) is 128 Å².